The van der Waals surface area contributed by atoms with Gasteiger partial charge < -0.3 is 4.98 Å². The highest BCUT2D eigenvalue weighted by Crippen LogP contribution is 2.19. The van der Waals surface area contributed by atoms with E-state index in [1.165, 1.54) is 0 Å². The number of para-hydroxylation sites is 1. The van der Waals surface area contributed by atoms with Crippen molar-refractivity contribution in [3.63, 3.8) is 0 Å². The molecule has 19 heavy (non-hydrogen) atoms. The highest BCUT2D eigenvalue weighted by Gasteiger charge is 2.03. The quantitative estimate of drug-likeness (QED) is 0.808. The Labute approximate surface area is 110 Å². The van der Waals surface area contributed by atoms with Crippen LogP contribution in [0.2, 0.25) is 0 Å². The first-order valence-corrected chi connectivity index (χ1v) is 6.44. The number of nitrogens with zero attached hydrogens (tertiary/aromatic N) is 1. The predicted molar refractivity (Wildman–Crippen MR) is 78.6 cm³/mol. The average molecular weight is 253 g/mol. The van der Waals surface area contributed by atoms with Gasteiger partial charge in [-0.25, -0.2) is 0 Å². The maximum Gasteiger partial charge on any atom is 0.250 e. The number of rotatable bonds is 2. The molecule has 4 heteroatoms. The number of hydrogen-bond acceptors (Lipinski definition) is 3. The summed E-state index contributed by atoms with van der Waals surface area (Å²) in [5.41, 5.74) is 5.47. The zero-order valence-corrected chi connectivity index (χ0v) is 10.5. The van der Waals surface area contributed by atoms with Gasteiger partial charge in [-0.2, -0.15) is 5.10 Å². The van der Waals surface area contributed by atoms with Crippen LogP contribution in [-0.4, -0.2) is 10.7 Å². The van der Waals surface area contributed by atoms with E-state index in [0.717, 1.165) is 41.6 Å². The van der Waals surface area contributed by atoms with E-state index in [-0.39, 0.29) is 5.56 Å². The lowest BCUT2D eigenvalue weighted by atomic mass is 10.1. The van der Waals surface area contributed by atoms with Crippen LogP contribution in [0.3, 0.4) is 0 Å². The van der Waals surface area contributed by atoms with Gasteiger partial charge in [0.1, 0.15) is 0 Å². The SMILES string of the molecule is O=c1cc(N/N=C2\C=CCCC2)c2ccccc2[nH]1. The van der Waals surface area contributed by atoms with Gasteiger partial charge in [0.2, 0.25) is 0 Å². The zero-order valence-electron chi connectivity index (χ0n) is 10.5. The van der Waals surface area contributed by atoms with Crippen LogP contribution < -0.4 is 11.0 Å². The van der Waals surface area contributed by atoms with Gasteiger partial charge in [-0.05, 0) is 31.4 Å². The second-order valence-corrected chi connectivity index (χ2v) is 4.60. The molecule has 0 unspecified atom stereocenters. The van der Waals surface area contributed by atoms with Gasteiger partial charge in [0.05, 0.1) is 16.9 Å². The fourth-order valence-corrected chi connectivity index (χ4v) is 2.23. The summed E-state index contributed by atoms with van der Waals surface area (Å²) >= 11 is 0. The third kappa shape index (κ3) is 2.57. The molecule has 1 aliphatic carbocycles. The fourth-order valence-electron chi connectivity index (χ4n) is 2.23. The number of allylic oxidation sites excluding steroid dienone is 2. The van der Waals surface area contributed by atoms with Crippen LogP contribution in [0.1, 0.15) is 19.3 Å². The first-order valence-electron chi connectivity index (χ1n) is 6.44. The van der Waals surface area contributed by atoms with Crippen molar-refractivity contribution in [3.8, 4) is 0 Å². The topological polar surface area (TPSA) is 57.2 Å². The molecule has 1 aliphatic rings. The van der Waals surface area contributed by atoms with Gasteiger partial charge in [0, 0.05) is 11.5 Å². The van der Waals surface area contributed by atoms with Crippen LogP contribution in [-0.2, 0) is 0 Å². The zero-order chi connectivity index (χ0) is 13.1. The first-order chi connectivity index (χ1) is 9.33. The van der Waals surface area contributed by atoms with E-state index >= 15 is 0 Å². The molecule has 0 saturated heterocycles. The van der Waals surface area contributed by atoms with Gasteiger partial charge >= 0.3 is 0 Å². The summed E-state index contributed by atoms with van der Waals surface area (Å²) in [7, 11) is 0. The maximum atomic E-state index is 11.6. The molecule has 0 spiro atoms. The third-order valence-electron chi connectivity index (χ3n) is 3.18. The van der Waals surface area contributed by atoms with Crippen molar-refractivity contribution in [1.29, 1.82) is 0 Å². The molecular formula is C15H15N3O. The number of aromatic amines is 1. The summed E-state index contributed by atoms with van der Waals surface area (Å²) in [5.74, 6) is 0. The number of aromatic nitrogens is 1. The van der Waals surface area contributed by atoms with Crippen molar-refractivity contribution < 1.29 is 0 Å². The summed E-state index contributed by atoms with van der Waals surface area (Å²) in [4.78, 5) is 14.4. The van der Waals surface area contributed by atoms with Crippen molar-refractivity contribution >= 4 is 22.3 Å². The van der Waals surface area contributed by atoms with Crippen molar-refractivity contribution in [3.05, 3.63) is 52.8 Å². The van der Waals surface area contributed by atoms with E-state index in [2.05, 4.69) is 21.6 Å². The molecule has 1 aromatic carbocycles. The van der Waals surface area contributed by atoms with E-state index in [0.29, 0.717) is 0 Å². The number of nitrogens with one attached hydrogen (secondary N) is 2. The monoisotopic (exact) mass is 253 g/mol. The van der Waals surface area contributed by atoms with Gasteiger partial charge in [-0.3, -0.25) is 10.2 Å². The van der Waals surface area contributed by atoms with Gasteiger partial charge in [0.15, 0.2) is 0 Å². The normalized spacial score (nSPS) is 16.9. The minimum absolute atomic E-state index is 0.124. The molecule has 2 aromatic rings. The van der Waals surface area contributed by atoms with Crippen LogP contribution >= 0.6 is 0 Å². The summed E-state index contributed by atoms with van der Waals surface area (Å²) in [6.07, 6.45) is 7.39. The predicted octanol–water partition coefficient (Wildman–Crippen LogP) is 3.04. The molecule has 0 bridgehead atoms. The molecular weight excluding hydrogens is 238 g/mol. The number of H-pyrrole nitrogens is 1. The van der Waals surface area contributed by atoms with Crippen LogP contribution in [0.4, 0.5) is 5.69 Å². The summed E-state index contributed by atoms with van der Waals surface area (Å²) in [6, 6.07) is 9.23. The molecule has 3 rings (SSSR count). The molecule has 96 valence electrons. The molecule has 0 aliphatic heterocycles. The Balaban J connectivity index is 1.98. The summed E-state index contributed by atoms with van der Waals surface area (Å²) in [5, 5.41) is 5.34. The van der Waals surface area contributed by atoms with Crippen molar-refractivity contribution in [2.24, 2.45) is 5.10 Å². The highest BCUT2D eigenvalue weighted by molar-refractivity contribution is 5.97. The van der Waals surface area contributed by atoms with E-state index in [1.54, 1.807) is 6.07 Å². The van der Waals surface area contributed by atoms with Gasteiger partial charge in [-0.15, -0.1) is 0 Å². The van der Waals surface area contributed by atoms with Crippen LogP contribution in [0.5, 0.6) is 0 Å². The van der Waals surface area contributed by atoms with E-state index in [4.69, 9.17) is 0 Å². The minimum atomic E-state index is -0.124. The Morgan fingerprint density at radius 1 is 1.26 bits per heavy atom. The molecule has 1 aromatic heterocycles. The molecule has 0 amide bonds. The molecule has 0 atom stereocenters. The van der Waals surface area contributed by atoms with Crippen molar-refractivity contribution in [2.45, 2.75) is 19.3 Å². The Bertz CT molecular complexity index is 713. The summed E-state index contributed by atoms with van der Waals surface area (Å²) in [6.45, 7) is 0. The number of hydrazone groups is 1. The second-order valence-electron chi connectivity index (χ2n) is 4.60. The van der Waals surface area contributed by atoms with E-state index in [9.17, 15) is 4.79 Å². The molecule has 4 nitrogen and oxygen atoms in total. The van der Waals surface area contributed by atoms with Crippen LogP contribution in [0.15, 0.2) is 52.4 Å². The lowest BCUT2D eigenvalue weighted by Crippen LogP contribution is -2.08. The Morgan fingerprint density at radius 2 is 2.16 bits per heavy atom. The van der Waals surface area contributed by atoms with Gasteiger partial charge in [-0.1, -0.05) is 24.3 Å². The molecule has 1 heterocycles. The largest absolute Gasteiger partial charge is 0.322 e. The Morgan fingerprint density at radius 3 is 3.00 bits per heavy atom. The smallest absolute Gasteiger partial charge is 0.250 e. The van der Waals surface area contributed by atoms with E-state index < -0.39 is 0 Å². The van der Waals surface area contributed by atoms with E-state index in [1.807, 2.05) is 30.3 Å². The standard InChI is InChI=1S/C15H15N3O/c19-15-10-14(12-8-4-5-9-13(12)16-15)18-17-11-6-2-1-3-7-11/h2,4-6,8-10H,1,3,7H2,(H2,16,18,19)/b17-11+. The number of anilines is 1. The van der Waals surface area contributed by atoms with Gasteiger partial charge in [0.25, 0.3) is 5.56 Å². The first kappa shape index (κ1) is 11.7. The highest BCUT2D eigenvalue weighted by atomic mass is 16.1. The molecule has 0 radical (unpaired) electrons. The number of hydrogen-bond donors (Lipinski definition) is 2. The number of benzene rings is 1. The van der Waals surface area contributed by atoms with Crippen molar-refractivity contribution in [2.75, 3.05) is 5.43 Å². The lowest BCUT2D eigenvalue weighted by molar-refractivity contribution is 0.877. The lowest BCUT2D eigenvalue weighted by Gasteiger charge is -2.08. The molecule has 2 N–H and O–H groups in total. The number of pyridine rings is 1. The summed E-state index contributed by atoms with van der Waals surface area (Å²) < 4.78 is 0. The third-order valence-corrected chi connectivity index (χ3v) is 3.18. The van der Waals surface area contributed by atoms with Crippen LogP contribution in [0, 0.1) is 0 Å². The minimum Gasteiger partial charge on any atom is -0.322 e. The maximum absolute atomic E-state index is 11.6. The molecule has 0 saturated carbocycles. The average Bonchev–Trinajstić information content (AvgIpc) is 2.45. The van der Waals surface area contributed by atoms with Crippen molar-refractivity contribution in [1.82, 2.24) is 4.98 Å². The fraction of sp³-hybridized carbons (Fsp3) is 0.200. The Hall–Kier alpha value is -2.36. The number of fused-ring (bicyclic) bond motifs is 1. The second kappa shape index (κ2) is 5.10. The molecule has 0 fully saturated rings. The Kier molecular flexibility index (Phi) is 3.14. The van der Waals surface area contributed by atoms with Crippen LogP contribution in [0.25, 0.3) is 10.9 Å².